The minimum Gasteiger partial charge on any atom is -0.378 e. The number of aryl methyl sites for hydroxylation is 1. The van der Waals surface area contributed by atoms with Gasteiger partial charge in [0.1, 0.15) is 0 Å². The zero-order chi connectivity index (χ0) is 19.8. The van der Waals surface area contributed by atoms with Crippen molar-refractivity contribution in [3.05, 3.63) is 71.4 Å². The molecule has 146 valence electrons. The monoisotopic (exact) mass is 403 g/mol. The maximum absolute atomic E-state index is 12.8. The number of thiophene rings is 1. The Kier molecular flexibility index (Phi) is 4.66. The van der Waals surface area contributed by atoms with Crippen molar-refractivity contribution in [3.8, 4) is 21.6 Å². The smallest absolute Gasteiger partial charge is 0.259 e. The lowest BCUT2D eigenvalue weighted by Crippen LogP contribution is -2.36. The van der Waals surface area contributed by atoms with Gasteiger partial charge >= 0.3 is 0 Å². The van der Waals surface area contributed by atoms with Gasteiger partial charge in [-0.2, -0.15) is 0 Å². The van der Waals surface area contributed by atoms with Crippen LogP contribution in [0.25, 0.3) is 31.7 Å². The van der Waals surface area contributed by atoms with E-state index in [1.54, 1.807) is 28.3 Å². The standard InChI is InChI=1S/C23H21N3O2S/c1-25-15-20(16-2-4-18(5-3-16)26-10-12-28-13-11-26)22-19(23(25)27)14-21(29-22)17-6-8-24-9-7-17/h2-9,14-15H,10-13H2,1H3. The van der Waals surface area contributed by atoms with E-state index in [-0.39, 0.29) is 5.56 Å². The molecule has 1 saturated heterocycles. The molecular formula is C23H21N3O2S. The summed E-state index contributed by atoms with van der Waals surface area (Å²) in [6, 6.07) is 14.6. The minimum absolute atomic E-state index is 0.0326. The van der Waals surface area contributed by atoms with Crippen molar-refractivity contribution >= 4 is 27.1 Å². The summed E-state index contributed by atoms with van der Waals surface area (Å²) in [6.45, 7) is 3.39. The summed E-state index contributed by atoms with van der Waals surface area (Å²) < 4.78 is 8.15. The van der Waals surface area contributed by atoms with Crippen molar-refractivity contribution in [1.82, 2.24) is 9.55 Å². The highest BCUT2D eigenvalue weighted by atomic mass is 32.1. The lowest BCUT2D eigenvalue weighted by Gasteiger charge is -2.28. The zero-order valence-corrected chi connectivity index (χ0v) is 17.0. The van der Waals surface area contributed by atoms with Crippen LogP contribution in [0.15, 0.2) is 65.8 Å². The Morgan fingerprint density at radius 2 is 1.72 bits per heavy atom. The summed E-state index contributed by atoms with van der Waals surface area (Å²) >= 11 is 1.66. The molecule has 0 amide bonds. The number of hydrogen-bond donors (Lipinski definition) is 0. The molecule has 3 aromatic heterocycles. The average Bonchev–Trinajstić information content (AvgIpc) is 3.23. The average molecular weight is 404 g/mol. The van der Waals surface area contributed by atoms with Gasteiger partial charge in [0.15, 0.2) is 0 Å². The van der Waals surface area contributed by atoms with Crippen LogP contribution in [-0.4, -0.2) is 35.9 Å². The van der Waals surface area contributed by atoms with E-state index in [1.165, 1.54) is 5.69 Å². The van der Waals surface area contributed by atoms with Crippen LogP contribution in [0.3, 0.4) is 0 Å². The van der Waals surface area contributed by atoms with E-state index in [9.17, 15) is 4.79 Å². The van der Waals surface area contributed by atoms with Crippen molar-refractivity contribution in [2.45, 2.75) is 0 Å². The number of aromatic nitrogens is 2. The van der Waals surface area contributed by atoms with Crippen molar-refractivity contribution in [1.29, 1.82) is 0 Å². The third-order valence-corrected chi connectivity index (χ3v) is 6.59. The molecule has 0 N–H and O–H groups in total. The van der Waals surface area contributed by atoms with E-state index in [2.05, 4.69) is 34.1 Å². The van der Waals surface area contributed by atoms with E-state index in [0.717, 1.165) is 58.0 Å². The molecule has 0 aliphatic carbocycles. The quantitative estimate of drug-likeness (QED) is 0.515. The largest absolute Gasteiger partial charge is 0.378 e. The Hall–Kier alpha value is -2.96. The van der Waals surface area contributed by atoms with Crippen LogP contribution in [0.5, 0.6) is 0 Å². The van der Waals surface area contributed by atoms with E-state index < -0.39 is 0 Å². The predicted octanol–water partition coefficient (Wildman–Crippen LogP) is 4.17. The number of anilines is 1. The Bertz CT molecular complexity index is 1210. The molecule has 1 aliphatic heterocycles. The highest BCUT2D eigenvalue weighted by molar-refractivity contribution is 7.22. The third kappa shape index (κ3) is 3.34. The van der Waals surface area contributed by atoms with Gasteiger partial charge in [0, 0.05) is 59.6 Å². The SMILES string of the molecule is Cn1cc(-c2ccc(N3CCOCC3)cc2)c2sc(-c3ccncc3)cc2c1=O. The Morgan fingerprint density at radius 3 is 2.45 bits per heavy atom. The van der Waals surface area contributed by atoms with Gasteiger partial charge < -0.3 is 14.2 Å². The summed E-state index contributed by atoms with van der Waals surface area (Å²) in [5, 5.41) is 0.763. The molecule has 0 atom stereocenters. The van der Waals surface area contributed by atoms with Gasteiger partial charge in [0.2, 0.25) is 0 Å². The number of pyridine rings is 2. The first kappa shape index (κ1) is 18.1. The first-order chi connectivity index (χ1) is 14.2. The molecule has 0 spiro atoms. The first-order valence-corrected chi connectivity index (χ1v) is 10.5. The maximum atomic E-state index is 12.8. The number of hydrogen-bond acceptors (Lipinski definition) is 5. The molecule has 0 bridgehead atoms. The predicted molar refractivity (Wildman–Crippen MR) is 119 cm³/mol. The molecule has 6 heteroatoms. The van der Waals surface area contributed by atoms with Crippen molar-refractivity contribution in [2.24, 2.45) is 7.05 Å². The van der Waals surface area contributed by atoms with E-state index in [1.807, 2.05) is 31.4 Å². The van der Waals surface area contributed by atoms with E-state index in [4.69, 9.17) is 4.74 Å². The molecule has 1 aliphatic rings. The Balaban J connectivity index is 1.60. The molecule has 4 heterocycles. The van der Waals surface area contributed by atoms with E-state index in [0.29, 0.717) is 0 Å². The van der Waals surface area contributed by atoms with Crippen LogP contribution in [0.1, 0.15) is 0 Å². The summed E-state index contributed by atoms with van der Waals surface area (Å²) in [5.74, 6) is 0. The highest BCUT2D eigenvalue weighted by Crippen LogP contribution is 2.38. The Labute approximate surface area is 172 Å². The van der Waals surface area contributed by atoms with Gasteiger partial charge in [0.05, 0.1) is 18.6 Å². The molecule has 1 fully saturated rings. The fraction of sp³-hybridized carbons (Fsp3) is 0.217. The summed E-state index contributed by atoms with van der Waals surface area (Å²) in [7, 11) is 1.82. The molecule has 1 aromatic carbocycles. The topological polar surface area (TPSA) is 47.4 Å². The first-order valence-electron chi connectivity index (χ1n) is 9.67. The lowest BCUT2D eigenvalue weighted by molar-refractivity contribution is 0.122. The second-order valence-corrected chi connectivity index (χ2v) is 8.25. The zero-order valence-electron chi connectivity index (χ0n) is 16.2. The van der Waals surface area contributed by atoms with Crippen molar-refractivity contribution in [3.63, 3.8) is 0 Å². The summed E-state index contributed by atoms with van der Waals surface area (Å²) in [4.78, 5) is 20.3. The summed E-state index contributed by atoms with van der Waals surface area (Å²) in [6.07, 6.45) is 5.51. The van der Waals surface area contributed by atoms with Crippen molar-refractivity contribution in [2.75, 3.05) is 31.2 Å². The van der Waals surface area contributed by atoms with Gasteiger partial charge in [-0.05, 0) is 41.5 Å². The van der Waals surface area contributed by atoms with Crippen molar-refractivity contribution < 1.29 is 4.74 Å². The van der Waals surface area contributed by atoms with Crippen LogP contribution < -0.4 is 10.5 Å². The molecule has 0 radical (unpaired) electrons. The number of morpholine rings is 1. The molecule has 0 saturated carbocycles. The second-order valence-electron chi connectivity index (χ2n) is 7.19. The molecule has 5 rings (SSSR count). The molecular weight excluding hydrogens is 382 g/mol. The number of benzene rings is 1. The van der Waals surface area contributed by atoms with Gasteiger partial charge in [-0.3, -0.25) is 9.78 Å². The van der Waals surface area contributed by atoms with Crippen LogP contribution in [0, 0.1) is 0 Å². The lowest BCUT2D eigenvalue weighted by atomic mass is 10.1. The van der Waals surface area contributed by atoms with E-state index >= 15 is 0 Å². The van der Waals surface area contributed by atoms with Crippen LogP contribution in [0.4, 0.5) is 5.69 Å². The number of nitrogens with zero attached hydrogens (tertiary/aromatic N) is 3. The molecule has 0 unspecified atom stereocenters. The number of rotatable bonds is 3. The van der Waals surface area contributed by atoms with Gasteiger partial charge in [-0.25, -0.2) is 0 Å². The van der Waals surface area contributed by atoms with Gasteiger partial charge in [0.25, 0.3) is 5.56 Å². The number of ether oxygens (including phenoxy) is 1. The molecule has 5 nitrogen and oxygen atoms in total. The van der Waals surface area contributed by atoms with Gasteiger partial charge in [-0.1, -0.05) is 12.1 Å². The Morgan fingerprint density at radius 1 is 1.00 bits per heavy atom. The van der Waals surface area contributed by atoms with Crippen LogP contribution >= 0.6 is 11.3 Å². The normalized spacial score (nSPS) is 14.4. The molecule has 4 aromatic rings. The summed E-state index contributed by atoms with van der Waals surface area (Å²) in [5.41, 5.74) is 4.52. The fourth-order valence-corrected chi connectivity index (χ4v) is 4.98. The maximum Gasteiger partial charge on any atom is 0.259 e. The van der Waals surface area contributed by atoms with Gasteiger partial charge in [-0.15, -0.1) is 11.3 Å². The second kappa shape index (κ2) is 7.46. The molecule has 29 heavy (non-hydrogen) atoms. The van der Waals surface area contributed by atoms with Crippen LogP contribution in [0.2, 0.25) is 0 Å². The minimum atomic E-state index is 0.0326. The highest BCUT2D eigenvalue weighted by Gasteiger charge is 2.15. The third-order valence-electron chi connectivity index (χ3n) is 5.37. The van der Waals surface area contributed by atoms with Crippen LogP contribution in [-0.2, 0) is 11.8 Å². The fourth-order valence-electron chi connectivity index (χ4n) is 3.79. The number of fused-ring (bicyclic) bond motifs is 1.